The number of aryl methyl sites for hydroxylation is 2. The maximum absolute atomic E-state index is 11.8. The van der Waals surface area contributed by atoms with Crippen LogP contribution in [0.25, 0.3) is 10.9 Å². The summed E-state index contributed by atoms with van der Waals surface area (Å²) >= 11 is 0. The fraction of sp³-hybridized carbons (Fsp3) is 0.308. The summed E-state index contributed by atoms with van der Waals surface area (Å²) < 4.78 is 2.06. The summed E-state index contributed by atoms with van der Waals surface area (Å²) in [4.78, 5) is 11.8. The molecule has 2 aromatic rings. The summed E-state index contributed by atoms with van der Waals surface area (Å²) in [6, 6.07) is 5.39. The van der Waals surface area contributed by atoms with E-state index in [1.54, 1.807) is 6.92 Å². The van der Waals surface area contributed by atoms with Crippen molar-refractivity contribution in [2.45, 2.75) is 19.9 Å². The number of fused-ring (bicyclic) bond motifs is 1. The first-order valence-corrected chi connectivity index (χ1v) is 5.36. The van der Waals surface area contributed by atoms with Gasteiger partial charge in [0.15, 0.2) is 5.78 Å². The topological polar surface area (TPSA) is 48.0 Å². The summed E-state index contributed by atoms with van der Waals surface area (Å²) in [5.74, 6) is -0.00569. The third-order valence-electron chi connectivity index (χ3n) is 2.86. The zero-order valence-corrected chi connectivity index (χ0v) is 9.82. The molecule has 1 atom stereocenters. The fourth-order valence-electron chi connectivity index (χ4n) is 2.09. The zero-order valence-electron chi connectivity index (χ0n) is 9.82. The van der Waals surface area contributed by atoms with Gasteiger partial charge in [0.05, 0.1) is 11.6 Å². The molecule has 0 aliphatic heterocycles. The highest BCUT2D eigenvalue weighted by atomic mass is 16.1. The molecule has 1 unspecified atom stereocenters. The number of nitrogens with two attached hydrogens (primary N) is 1. The standard InChI is InChI=1S/C13H16N2O/c1-8-6-11(13(16)9(2)14)7-10-4-5-15(3)12(8)10/h4-7,9H,14H2,1-3H3. The lowest BCUT2D eigenvalue weighted by molar-refractivity contribution is 0.0968. The Hall–Kier alpha value is -1.61. The van der Waals surface area contributed by atoms with E-state index in [1.165, 1.54) is 5.52 Å². The number of carbonyl (C=O) groups is 1. The normalized spacial score (nSPS) is 13.0. The van der Waals surface area contributed by atoms with Gasteiger partial charge in [0.1, 0.15) is 0 Å². The minimum atomic E-state index is -0.444. The molecule has 16 heavy (non-hydrogen) atoms. The van der Waals surface area contributed by atoms with Gasteiger partial charge in [-0.1, -0.05) is 0 Å². The van der Waals surface area contributed by atoms with E-state index in [0.29, 0.717) is 5.56 Å². The number of aromatic nitrogens is 1. The van der Waals surface area contributed by atoms with E-state index in [-0.39, 0.29) is 5.78 Å². The molecule has 1 aromatic heterocycles. The van der Waals surface area contributed by atoms with Crippen molar-refractivity contribution in [1.29, 1.82) is 0 Å². The summed E-state index contributed by atoms with van der Waals surface area (Å²) in [5.41, 5.74) is 8.59. The third kappa shape index (κ3) is 1.63. The molecule has 2 rings (SSSR count). The predicted octanol–water partition coefficient (Wildman–Crippen LogP) is 2.02. The van der Waals surface area contributed by atoms with Gasteiger partial charge >= 0.3 is 0 Å². The van der Waals surface area contributed by atoms with Crippen molar-refractivity contribution in [1.82, 2.24) is 4.57 Å². The Labute approximate surface area is 94.9 Å². The van der Waals surface area contributed by atoms with Gasteiger partial charge in [-0.25, -0.2) is 0 Å². The molecular weight excluding hydrogens is 200 g/mol. The van der Waals surface area contributed by atoms with Gasteiger partial charge < -0.3 is 10.3 Å². The Kier molecular flexibility index (Phi) is 2.56. The van der Waals surface area contributed by atoms with Crippen LogP contribution in [-0.4, -0.2) is 16.4 Å². The van der Waals surface area contributed by atoms with Crippen molar-refractivity contribution in [2.24, 2.45) is 12.8 Å². The molecule has 84 valence electrons. The molecule has 0 aliphatic rings. The fourth-order valence-corrected chi connectivity index (χ4v) is 2.09. The second kappa shape index (κ2) is 3.76. The average molecular weight is 216 g/mol. The molecule has 0 bridgehead atoms. The number of benzene rings is 1. The maximum Gasteiger partial charge on any atom is 0.179 e. The Morgan fingerprint density at radius 1 is 1.44 bits per heavy atom. The van der Waals surface area contributed by atoms with E-state index >= 15 is 0 Å². The van der Waals surface area contributed by atoms with Gasteiger partial charge in [-0.3, -0.25) is 4.79 Å². The minimum Gasteiger partial charge on any atom is -0.350 e. The van der Waals surface area contributed by atoms with E-state index in [4.69, 9.17) is 5.73 Å². The van der Waals surface area contributed by atoms with Crippen LogP contribution in [0, 0.1) is 6.92 Å². The van der Waals surface area contributed by atoms with Gasteiger partial charge in [-0.2, -0.15) is 0 Å². The van der Waals surface area contributed by atoms with Crippen LogP contribution in [0.1, 0.15) is 22.8 Å². The van der Waals surface area contributed by atoms with Gasteiger partial charge in [0.2, 0.25) is 0 Å². The zero-order chi connectivity index (χ0) is 11.9. The van der Waals surface area contributed by atoms with Crippen LogP contribution in [0.2, 0.25) is 0 Å². The highest BCUT2D eigenvalue weighted by Gasteiger charge is 2.13. The van der Waals surface area contributed by atoms with Gasteiger partial charge in [-0.05, 0) is 37.6 Å². The molecule has 0 amide bonds. The quantitative estimate of drug-likeness (QED) is 0.781. The van der Waals surface area contributed by atoms with Crippen LogP contribution < -0.4 is 5.73 Å². The number of hydrogen-bond donors (Lipinski definition) is 1. The molecule has 1 heterocycles. The molecule has 3 nitrogen and oxygen atoms in total. The van der Waals surface area contributed by atoms with Crippen LogP contribution in [0.5, 0.6) is 0 Å². The lowest BCUT2D eigenvalue weighted by atomic mass is 10.0. The van der Waals surface area contributed by atoms with Crippen molar-refractivity contribution < 1.29 is 4.79 Å². The molecule has 0 radical (unpaired) electrons. The van der Waals surface area contributed by atoms with Crippen LogP contribution in [0.15, 0.2) is 24.4 Å². The molecule has 0 spiro atoms. The SMILES string of the molecule is Cc1cc(C(=O)C(C)N)cc2ccn(C)c12. The van der Waals surface area contributed by atoms with E-state index in [1.807, 2.05) is 38.4 Å². The van der Waals surface area contributed by atoms with Crippen molar-refractivity contribution in [3.05, 3.63) is 35.5 Å². The molecule has 1 aromatic carbocycles. The van der Waals surface area contributed by atoms with Crippen LogP contribution in [0.4, 0.5) is 0 Å². The number of ketones is 1. The van der Waals surface area contributed by atoms with Crippen LogP contribution >= 0.6 is 0 Å². The van der Waals surface area contributed by atoms with E-state index in [2.05, 4.69) is 4.57 Å². The molecule has 2 N–H and O–H groups in total. The van der Waals surface area contributed by atoms with E-state index in [9.17, 15) is 4.79 Å². The number of rotatable bonds is 2. The molecule has 0 saturated heterocycles. The Bertz CT molecular complexity index is 552. The third-order valence-corrected chi connectivity index (χ3v) is 2.86. The van der Waals surface area contributed by atoms with Crippen LogP contribution in [0.3, 0.4) is 0 Å². The summed E-state index contributed by atoms with van der Waals surface area (Å²) in [6.45, 7) is 3.73. The predicted molar refractivity (Wildman–Crippen MR) is 65.6 cm³/mol. The Morgan fingerprint density at radius 3 is 2.75 bits per heavy atom. The van der Waals surface area contributed by atoms with Gasteiger partial charge in [0.25, 0.3) is 0 Å². The largest absolute Gasteiger partial charge is 0.350 e. The second-order valence-electron chi connectivity index (χ2n) is 4.31. The number of hydrogen-bond acceptors (Lipinski definition) is 2. The van der Waals surface area contributed by atoms with E-state index in [0.717, 1.165) is 10.9 Å². The van der Waals surface area contributed by atoms with Gasteiger partial charge in [0, 0.05) is 24.2 Å². The number of carbonyl (C=O) groups excluding carboxylic acids is 1. The second-order valence-corrected chi connectivity index (χ2v) is 4.31. The smallest absolute Gasteiger partial charge is 0.179 e. The molecule has 0 aliphatic carbocycles. The van der Waals surface area contributed by atoms with Crippen molar-refractivity contribution in [3.63, 3.8) is 0 Å². The average Bonchev–Trinajstić information content (AvgIpc) is 2.59. The Balaban J connectivity index is 2.63. The summed E-state index contributed by atoms with van der Waals surface area (Å²) in [6.07, 6.45) is 2.00. The number of nitrogens with zero attached hydrogens (tertiary/aromatic N) is 1. The number of Topliss-reactive ketones (excluding diaryl/α,β-unsaturated/α-hetero) is 1. The van der Waals surface area contributed by atoms with Crippen molar-refractivity contribution in [2.75, 3.05) is 0 Å². The lowest BCUT2D eigenvalue weighted by Gasteiger charge is -2.07. The molecule has 0 saturated carbocycles. The van der Waals surface area contributed by atoms with Crippen molar-refractivity contribution in [3.8, 4) is 0 Å². The lowest BCUT2D eigenvalue weighted by Crippen LogP contribution is -2.26. The first-order valence-electron chi connectivity index (χ1n) is 5.36. The summed E-state index contributed by atoms with van der Waals surface area (Å²) in [7, 11) is 2.00. The van der Waals surface area contributed by atoms with Crippen LogP contribution in [-0.2, 0) is 7.05 Å². The first-order chi connectivity index (χ1) is 7.50. The van der Waals surface area contributed by atoms with E-state index < -0.39 is 6.04 Å². The summed E-state index contributed by atoms with van der Waals surface area (Å²) in [5, 5.41) is 1.09. The Morgan fingerprint density at radius 2 is 2.12 bits per heavy atom. The highest BCUT2D eigenvalue weighted by molar-refractivity contribution is 6.03. The maximum atomic E-state index is 11.8. The molecular formula is C13H16N2O. The van der Waals surface area contributed by atoms with Gasteiger partial charge in [-0.15, -0.1) is 0 Å². The minimum absolute atomic E-state index is 0.00569. The molecule has 0 fully saturated rings. The first kappa shape index (κ1) is 10.9. The monoisotopic (exact) mass is 216 g/mol. The molecule has 3 heteroatoms. The highest BCUT2D eigenvalue weighted by Crippen LogP contribution is 2.21. The van der Waals surface area contributed by atoms with Crippen molar-refractivity contribution >= 4 is 16.7 Å².